The van der Waals surface area contributed by atoms with Gasteiger partial charge < -0.3 is 10.2 Å². The molecule has 1 saturated heterocycles. The summed E-state index contributed by atoms with van der Waals surface area (Å²) >= 11 is 0. The van der Waals surface area contributed by atoms with E-state index >= 15 is 0 Å². The van der Waals surface area contributed by atoms with Gasteiger partial charge in [0.2, 0.25) is 11.8 Å². The van der Waals surface area contributed by atoms with Crippen LogP contribution in [0.3, 0.4) is 0 Å². The largest absolute Gasteiger partial charge is 0.407 e. The SMILES string of the molecule is CC(=O)N1CC(=O)C(NC(=O)[C@H](CC(C)(C)F)N[C@@H](c2ccc(-c3ccc(S(C)(=O)=O)cc3)cc2)C(F)(F)F)C1. The predicted octanol–water partition coefficient (Wildman–Crippen LogP) is 3.37. The van der Waals surface area contributed by atoms with Gasteiger partial charge in [-0.1, -0.05) is 36.4 Å². The van der Waals surface area contributed by atoms with Crippen LogP contribution in [0.2, 0.25) is 0 Å². The van der Waals surface area contributed by atoms with Crippen molar-refractivity contribution < 1.29 is 40.4 Å². The molecule has 0 radical (unpaired) electrons. The minimum atomic E-state index is -4.87. The lowest BCUT2D eigenvalue weighted by molar-refractivity contribution is -0.161. The number of ketones is 1. The van der Waals surface area contributed by atoms with Crippen LogP contribution in [-0.4, -0.2) is 74.2 Å². The van der Waals surface area contributed by atoms with Gasteiger partial charge >= 0.3 is 6.18 Å². The molecule has 1 aliphatic rings. The second-order valence-corrected chi connectivity index (χ2v) is 12.5. The number of Topliss-reactive ketones (excluding diaryl/α,β-unsaturated/α-hetero) is 1. The Balaban J connectivity index is 1.85. The predicted molar refractivity (Wildman–Crippen MR) is 140 cm³/mol. The summed E-state index contributed by atoms with van der Waals surface area (Å²) in [7, 11) is -3.41. The summed E-state index contributed by atoms with van der Waals surface area (Å²) in [6.45, 7) is 3.14. The first kappa shape index (κ1) is 31.2. The van der Waals surface area contributed by atoms with Crippen LogP contribution in [0.4, 0.5) is 17.6 Å². The van der Waals surface area contributed by atoms with E-state index in [9.17, 15) is 40.4 Å². The number of carbonyl (C=O) groups is 3. The highest BCUT2D eigenvalue weighted by Crippen LogP contribution is 2.35. The monoisotopic (exact) mass is 585 g/mol. The number of alkyl halides is 4. The van der Waals surface area contributed by atoms with Gasteiger partial charge in [0.15, 0.2) is 15.6 Å². The molecule has 1 fully saturated rings. The van der Waals surface area contributed by atoms with E-state index in [-0.39, 0.29) is 23.5 Å². The number of hydrogen-bond donors (Lipinski definition) is 2. The normalized spacial score (nSPS) is 17.9. The number of halogens is 4. The highest BCUT2D eigenvalue weighted by Gasteiger charge is 2.44. The van der Waals surface area contributed by atoms with Crippen molar-refractivity contribution in [1.82, 2.24) is 15.5 Å². The van der Waals surface area contributed by atoms with Gasteiger partial charge in [-0.2, -0.15) is 13.2 Å². The standard InChI is InChI=1S/C27H31F4N3O5S/c1-16(35)34-14-22(23(36)15-34)33-25(37)21(13-26(2,3)28)32-24(27(29,30)31)19-7-5-17(6-8-19)18-9-11-20(12-10-18)40(4,38)39/h5-12,21-22,24,32H,13-15H2,1-4H3,(H,33,37)/t21-,22?,24-/m0/s1. The fourth-order valence-electron chi connectivity index (χ4n) is 4.38. The van der Waals surface area contributed by atoms with E-state index in [4.69, 9.17) is 0 Å². The van der Waals surface area contributed by atoms with Gasteiger partial charge in [-0.05, 0) is 42.7 Å². The zero-order chi connectivity index (χ0) is 30.0. The summed E-state index contributed by atoms with van der Waals surface area (Å²) in [6, 6.07) is 6.02. The molecule has 3 atom stereocenters. The second-order valence-electron chi connectivity index (χ2n) is 10.5. The Morgan fingerprint density at radius 2 is 1.52 bits per heavy atom. The molecule has 1 aliphatic heterocycles. The first-order valence-corrected chi connectivity index (χ1v) is 14.2. The van der Waals surface area contributed by atoms with Crippen LogP contribution in [0.25, 0.3) is 11.1 Å². The average Bonchev–Trinajstić information content (AvgIpc) is 3.20. The Kier molecular flexibility index (Phi) is 9.09. The van der Waals surface area contributed by atoms with Gasteiger partial charge in [-0.25, -0.2) is 12.8 Å². The maximum Gasteiger partial charge on any atom is 0.407 e. The van der Waals surface area contributed by atoms with Crippen LogP contribution >= 0.6 is 0 Å². The molecule has 2 amide bonds. The minimum Gasteiger partial charge on any atom is -0.343 e. The molecule has 0 aromatic heterocycles. The maximum absolute atomic E-state index is 14.6. The van der Waals surface area contributed by atoms with Crippen molar-refractivity contribution in [3.63, 3.8) is 0 Å². The van der Waals surface area contributed by atoms with Gasteiger partial charge in [0.25, 0.3) is 0 Å². The fourth-order valence-corrected chi connectivity index (χ4v) is 5.01. The molecule has 0 bridgehead atoms. The van der Waals surface area contributed by atoms with Crippen molar-refractivity contribution in [1.29, 1.82) is 0 Å². The lowest BCUT2D eigenvalue weighted by Gasteiger charge is -2.30. The van der Waals surface area contributed by atoms with E-state index in [2.05, 4.69) is 10.6 Å². The second kappa shape index (κ2) is 11.7. The summed E-state index contributed by atoms with van der Waals surface area (Å²) in [6.07, 6.45) is -4.43. The molecule has 40 heavy (non-hydrogen) atoms. The van der Waals surface area contributed by atoms with Crippen LogP contribution < -0.4 is 10.6 Å². The molecule has 2 N–H and O–H groups in total. The van der Waals surface area contributed by atoms with Crippen molar-refractivity contribution in [3.05, 3.63) is 54.1 Å². The summed E-state index contributed by atoms with van der Waals surface area (Å²) < 4.78 is 80.6. The third-order valence-electron chi connectivity index (χ3n) is 6.46. The van der Waals surface area contributed by atoms with Crippen molar-refractivity contribution in [2.45, 2.75) is 62.1 Å². The highest BCUT2D eigenvalue weighted by atomic mass is 32.2. The number of nitrogens with one attached hydrogen (secondary N) is 2. The zero-order valence-corrected chi connectivity index (χ0v) is 23.2. The summed E-state index contributed by atoms with van der Waals surface area (Å²) in [4.78, 5) is 38.1. The number of sulfone groups is 1. The molecule has 2 aromatic rings. The first-order valence-electron chi connectivity index (χ1n) is 12.4. The Morgan fingerprint density at radius 3 is 1.95 bits per heavy atom. The Bertz CT molecular complexity index is 1350. The van der Waals surface area contributed by atoms with Gasteiger partial charge in [0, 0.05) is 26.1 Å². The zero-order valence-electron chi connectivity index (χ0n) is 22.4. The minimum absolute atomic E-state index is 0.0996. The molecular formula is C27H31F4N3O5S. The summed E-state index contributed by atoms with van der Waals surface area (Å²) in [5.41, 5.74) is -1.16. The number of carbonyl (C=O) groups excluding carboxylic acids is 3. The Hall–Kier alpha value is -3.32. The first-order chi connectivity index (χ1) is 18.3. The van der Waals surface area contributed by atoms with Gasteiger partial charge in [0.05, 0.1) is 17.5 Å². The topological polar surface area (TPSA) is 113 Å². The third kappa shape index (κ3) is 8.10. The lowest BCUT2D eigenvalue weighted by atomic mass is 9.96. The smallest absolute Gasteiger partial charge is 0.343 e. The molecule has 13 heteroatoms. The molecule has 1 unspecified atom stereocenters. The average molecular weight is 586 g/mol. The highest BCUT2D eigenvalue weighted by molar-refractivity contribution is 7.90. The lowest BCUT2D eigenvalue weighted by Crippen LogP contribution is -2.54. The number of rotatable bonds is 9. The number of nitrogens with zero attached hydrogens (tertiary/aromatic N) is 1. The van der Waals surface area contributed by atoms with Crippen LogP contribution in [0.15, 0.2) is 53.4 Å². The van der Waals surface area contributed by atoms with Crippen LogP contribution in [0.1, 0.15) is 38.8 Å². The molecule has 218 valence electrons. The molecule has 8 nitrogen and oxygen atoms in total. The third-order valence-corrected chi connectivity index (χ3v) is 7.59. The summed E-state index contributed by atoms with van der Waals surface area (Å²) in [5.74, 6) is -1.86. The van der Waals surface area contributed by atoms with Crippen molar-refractivity contribution in [3.8, 4) is 11.1 Å². The number of hydrogen-bond acceptors (Lipinski definition) is 6. The van der Waals surface area contributed by atoms with E-state index in [0.717, 1.165) is 20.1 Å². The van der Waals surface area contributed by atoms with Crippen molar-refractivity contribution >= 4 is 27.4 Å². The molecule has 3 rings (SSSR count). The summed E-state index contributed by atoms with van der Waals surface area (Å²) in [5, 5.41) is 4.61. The van der Waals surface area contributed by atoms with Crippen LogP contribution in [-0.2, 0) is 24.2 Å². The maximum atomic E-state index is 14.6. The van der Waals surface area contributed by atoms with E-state index < -0.39 is 63.8 Å². The number of likely N-dealkylation sites (tertiary alicyclic amines) is 1. The molecule has 0 saturated carbocycles. The van der Waals surface area contributed by atoms with E-state index in [1.54, 1.807) is 0 Å². The van der Waals surface area contributed by atoms with E-state index in [1.165, 1.54) is 60.4 Å². The molecular weight excluding hydrogens is 554 g/mol. The van der Waals surface area contributed by atoms with Crippen molar-refractivity contribution in [2.24, 2.45) is 0 Å². The Morgan fingerprint density at radius 1 is 1.00 bits per heavy atom. The van der Waals surface area contributed by atoms with Gasteiger partial charge in [-0.15, -0.1) is 0 Å². The molecule has 0 spiro atoms. The fraction of sp³-hybridized carbons (Fsp3) is 0.444. The Labute approximate surface area is 230 Å². The molecule has 1 heterocycles. The van der Waals surface area contributed by atoms with E-state index in [1.807, 2.05) is 0 Å². The van der Waals surface area contributed by atoms with Crippen molar-refractivity contribution in [2.75, 3.05) is 19.3 Å². The molecule has 0 aliphatic carbocycles. The van der Waals surface area contributed by atoms with E-state index in [0.29, 0.717) is 11.1 Å². The number of benzene rings is 2. The van der Waals surface area contributed by atoms with Crippen LogP contribution in [0, 0.1) is 0 Å². The van der Waals surface area contributed by atoms with Gasteiger partial charge in [-0.3, -0.25) is 19.7 Å². The van der Waals surface area contributed by atoms with Gasteiger partial charge in [0.1, 0.15) is 17.8 Å². The van der Waals surface area contributed by atoms with Crippen LogP contribution in [0.5, 0.6) is 0 Å². The number of amides is 2. The molecule has 2 aromatic carbocycles. The quantitative estimate of drug-likeness (QED) is 0.437.